The summed E-state index contributed by atoms with van der Waals surface area (Å²) in [4.78, 5) is 0. The van der Waals surface area contributed by atoms with Crippen molar-refractivity contribution in [2.45, 2.75) is 26.2 Å². The Morgan fingerprint density at radius 3 is 2.71 bits per heavy atom. The van der Waals surface area contributed by atoms with Crippen molar-refractivity contribution in [3.8, 4) is 5.75 Å². The number of quaternary nitrogens is 1. The van der Waals surface area contributed by atoms with Crippen molar-refractivity contribution < 1.29 is 10.1 Å². The number of benzene rings is 1. The van der Waals surface area contributed by atoms with E-state index >= 15 is 0 Å². The third-order valence-corrected chi connectivity index (χ3v) is 3.01. The highest BCUT2D eigenvalue weighted by Gasteiger charge is 2.02. The Kier molecular flexibility index (Phi) is 7.41. The van der Waals surface area contributed by atoms with Gasteiger partial charge in [0.1, 0.15) is 5.75 Å². The molecule has 0 saturated carbocycles. The smallest absolute Gasteiger partial charge is 0.139 e. The predicted octanol–water partition coefficient (Wildman–Crippen LogP) is 3.13. The van der Waals surface area contributed by atoms with Crippen molar-refractivity contribution in [2.75, 3.05) is 19.7 Å². The van der Waals surface area contributed by atoms with Gasteiger partial charge >= 0.3 is 0 Å². The monoisotopic (exact) mass is 276 g/mol. The van der Waals surface area contributed by atoms with Gasteiger partial charge in [-0.2, -0.15) is 0 Å². The molecule has 1 rings (SSSR count). The molecule has 4 heteroatoms. The fraction of sp³-hybridized carbons (Fsp3) is 0.538. The molecule has 96 valence electrons. The van der Waals surface area contributed by atoms with Crippen LogP contribution in [0, 0.1) is 0 Å². The van der Waals surface area contributed by atoms with E-state index in [1.807, 2.05) is 0 Å². The Labute approximate surface area is 113 Å². The minimum Gasteiger partial charge on any atom is -0.492 e. The molecule has 0 fully saturated rings. The minimum absolute atomic E-state index is 0.615. The van der Waals surface area contributed by atoms with Crippen LogP contribution in [0.2, 0.25) is 10.0 Å². The maximum absolute atomic E-state index is 5.99. The Hall–Kier alpha value is -0.440. The van der Waals surface area contributed by atoms with E-state index in [1.54, 1.807) is 18.2 Å². The summed E-state index contributed by atoms with van der Waals surface area (Å²) in [5, 5.41) is 3.59. The lowest BCUT2D eigenvalue weighted by atomic mass is 10.3. The SMILES string of the molecule is CCCC[NH2+]CCCOc1cc(Cl)ccc1Cl. The van der Waals surface area contributed by atoms with Crippen LogP contribution in [0.4, 0.5) is 0 Å². The molecule has 0 aromatic heterocycles. The quantitative estimate of drug-likeness (QED) is 0.726. The summed E-state index contributed by atoms with van der Waals surface area (Å²) in [7, 11) is 0. The van der Waals surface area contributed by atoms with Crippen LogP contribution < -0.4 is 10.1 Å². The van der Waals surface area contributed by atoms with E-state index in [1.165, 1.54) is 19.4 Å². The van der Waals surface area contributed by atoms with Crippen LogP contribution in [0.15, 0.2) is 18.2 Å². The first-order chi connectivity index (χ1) is 8.24. The van der Waals surface area contributed by atoms with Gasteiger partial charge in [-0.25, -0.2) is 0 Å². The Bertz CT molecular complexity index is 331. The van der Waals surface area contributed by atoms with Crippen LogP contribution in [0.5, 0.6) is 5.75 Å². The summed E-state index contributed by atoms with van der Waals surface area (Å²) in [6, 6.07) is 5.27. The average molecular weight is 277 g/mol. The molecule has 0 aliphatic rings. The molecular formula is C13H20Cl2NO+. The first-order valence-electron chi connectivity index (χ1n) is 6.13. The zero-order valence-corrected chi connectivity index (χ0v) is 11.7. The largest absolute Gasteiger partial charge is 0.492 e. The van der Waals surface area contributed by atoms with Crippen molar-refractivity contribution >= 4 is 23.2 Å². The summed E-state index contributed by atoms with van der Waals surface area (Å²) < 4.78 is 5.59. The summed E-state index contributed by atoms with van der Waals surface area (Å²) >= 11 is 11.9. The highest BCUT2D eigenvalue weighted by molar-refractivity contribution is 6.34. The lowest BCUT2D eigenvalue weighted by Crippen LogP contribution is -2.84. The van der Waals surface area contributed by atoms with E-state index in [-0.39, 0.29) is 0 Å². The molecule has 17 heavy (non-hydrogen) atoms. The zero-order chi connectivity index (χ0) is 12.5. The highest BCUT2D eigenvalue weighted by Crippen LogP contribution is 2.27. The lowest BCUT2D eigenvalue weighted by Gasteiger charge is -2.07. The van der Waals surface area contributed by atoms with E-state index in [0.717, 1.165) is 13.0 Å². The van der Waals surface area contributed by atoms with Crippen LogP contribution in [0.25, 0.3) is 0 Å². The van der Waals surface area contributed by atoms with Crippen molar-refractivity contribution in [2.24, 2.45) is 0 Å². The molecule has 0 amide bonds. The van der Waals surface area contributed by atoms with E-state index < -0.39 is 0 Å². The number of halogens is 2. The van der Waals surface area contributed by atoms with Gasteiger partial charge in [-0.1, -0.05) is 36.5 Å². The molecule has 0 atom stereocenters. The molecule has 0 spiro atoms. The van der Waals surface area contributed by atoms with Gasteiger partial charge in [0.25, 0.3) is 0 Å². The predicted molar refractivity (Wildman–Crippen MR) is 73.1 cm³/mol. The molecule has 0 aliphatic heterocycles. The molecule has 1 aromatic rings. The topological polar surface area (TPSA) is 25.8 Å². The Morgan fingerprint density at radius 2 is 1.94 bits per heavy atom. The molecule has 0 heterocycles. The lowest BCUT2D eigenvalue weighted by molar-refractivity contribution is -0.655. The van der Waals surface area contributed by atoms with Gasteiger partial charge in [-0.15, -0.1) is 0 Å². The number of unbranched alkanes of at least 4 members (excludes halogenated alkanes) is 1. The first-order valence-corrected chi connectivity index (χ1v) is 6.89. The highest BCUT2D eigenvalue weighted by atomic mass is 35.5. The van der Waals surface area contributed by atoms with Gasteiger partial charge in [0.05, 0.1) is 24.7 Å². The van der Waals surface area contributed by atoms with Gasteiger partial charge in [0, 0.05) is 17.5 Å². The minimum atomic E-state index is 0.615. The van der Waals surface area contributed by atoms with Gasteiger partial charge < -0.3 is 10.1 Å². The second kappa shape index (κ2) is 8.62. The summed E-state index contributed by atoms with van der Waals surface area (Å²) in [6.45, 7) is 5.19. The summed E-state index contributed by atoms with van der Waals surface area (Å²) in [6.07, 6.45) is 3.55. The van der Waals surface area contributed by atoms with E-state index in [0.29, 0.717) is 22.4 Å². The van der Waals surface area contributed by atoms with Gasteiger partial charge in [-0.05, 0) is 18.6 Å². The van der Waals surface area contributed by atoms with Crippen molar-refractivity contribution in [1.82, 2.24) is 0 Å². The van der Waals surface area contributed by atoms with E-state index in [2.05, 4.69) is 12.2 Å². The number of hydrogen-bond donors (Lipinski definition) is 1. The van der Waals surface area contributed by atoms with E-state index in [4.69, 9.17) is 27.9 Å². The van der Waals surface area contributed by atoms with Gasteiger partial charge in [0.15, 0.2) is 0 Å². The van der Waals surface area contributed by atoms with Crippen molar-refractivity contribution in [3.05, 3.63) is 28.2 Å². The molecule has 0 aliphatic carbocycles. The first kappa shape index (κ1) is 14.6. The standard InChI is InChI=1S/C13H19Cl2NO/c1-2-3-7-16-8-4-9-17-13-10-11(14)5-6-12(13)15/h5-6,10,16H,2-4,7-9H2,1H3/p+1. The molecule has 2 nitrogen and oxygen atoms in total. The summed E-state index contributed by atoms with van der Waals surface area (Å²) in [5.41, 5.74) is 0. The summed E-state index contributed by atoms with van der Waals surface area (Å²) in [5.74, 6) is 0.674. The number of ether oxygens (including phenoxy) is 1. The molecule has 2 N–H and O–H groups in total. The van der Waals surface area contributed by atoms with E-state index in [9.17, 15) is 0 Å². The molecule has 0 radical (unpaired) electrons. The molecule has 1 aromatic carbocycles. The molecule has 0 bridgehead atoms. The molecular weight excluding hydrogens is 257 g/mol. The maximum Gasteiger partial charge on any atom is 0.139 e. The average Bonchev–Trinajstić information content (AvgIpc) is 2.32. The normalized spacial score (nSPS) is 10.5. The Balaban J connectivity index is 2.15. The van der Waals surface area contributed by atoms with Gasteiger partial charge in [-0.3, -0.25) is 0 Å². The maximum atomic E-state index is 5.99. The number of rotatable bonds is 8. The fourth-order valence-corrected chi connectivity index (χ4v) is 1.82. The van der Waals surface area contributed by atoms with Crippen LogP contribution in [0.3, 0.4) is 0 Å². The third kappa shape index (κ3) is 6.16. The number of nitrogens with two attached hydrogens (primary N) is 1. The molecule has 0 saturated heterocycles. The second-order valence-electron chi connectivity index (χ2n) is 4.00. The zero-order valence-electron chi connectivity index (χ0n) is 10.2. The van der Waals surface area contributed by atoms with Crippen LogP contribution in [-0.4, -0.2) is 19.7 Å². The van der Waals surface area contributed by atoms with Crippen LogP contribution in [-0.2, 0) is 0 Å². The molecule has 0 unspecified atom stereocenters. The van der Waals surface area contributed by atoms with Crippen LogP contribution in [0.1, 0.15) is 26.2 Å². The van der Waals surface area contributed by atoms with Crippen LogP contribution >= 0.6 is 23.2 Å². The third-order valence-electron chi connectivity index (χ3n) is 2.47. The fourth-order valence-electron chi connectivity index (χ4n) is 1.49. The number of hydrogen-bond acceptors (Lipinski definition) is 1. The Morgan fingerprint density at radius 1 is 1.18 bits per heavy atom. The van der Waals surface area contributed by atoms with Gasteiger partial charge in [0.2, 0.25) is 0 Å². The van der Waals surface area contributed by atoms with Crippen molar-refractivity contribution in [1.29, 1.82) is 0 Å². The second-order valence-corrected chi connectivity index (χ2v) is 4.84. The van der Waals surface area contributed by atoms with Crippen molar-refractivity contribution in [3.63, 3.8) is 0 Å².